The van der Waals surface area contributed by atoms with Crippen molar-refractivity contribution >= 4 is 34.4 Å². The first-order chi connectivity index (χ1) is 19.1. The number of carbonyl (C=O) groups excluding carboxylic acids is 1. The van der Waals surface area contributed by atoms with Crippen LogP contribution in [0.15, 0.2) is 35.3 Å². The van der Waals surface area contributed by atoms with Crippen LogP contribution in [-0.4, -0.2) is 80.6 Å². The summed E-state index contributed by atoms with van der Waals surface area (Å²) in [5, 5.41) is 18.1. The van der Waals surface area contributed by atoms with Crippen LogP contribution in [0.1, 0.15) is 56.0 Å². The summed E-state index contributed by atoms with van der Waals surface area (Å²) in [6, 6.07) is 7.45. The standard InChI is InChI=1S/C29H38N6O5/c1-5-29(9-12-33(13-10-29)28(38)39)35-22-8-11-30-26(36)24(22)25(32-35)31-20-6-7-21(19(4)16-20)27(37)34-14-15-40-17-23(34)18(2)3/h6-8,11,16,18,23H,5,9-10,12-15,17H2,1-4H3,(H,30,36)(H,31,32)(H,38,39)/t23-/m0/s1. The molecule has 3 aromatic rings. The van der Waals surface area contributed by atoms with Gasteiger partial charge in [0.15, 0.2) is 5.82 Å². The molecular weight excluding hydrogens is 512 g/mol. The van der Waals surface area contributed by atoms with Gasteiger partial charge in [-0.3, -0.25) is 14.3 Å². The number of pyridine rings is 1. The van der Waals surface area contributed by atoms with E-state index in [2.05, 4.69) is 31.1 Å². The third-order valence-electron chi connectivity index (χ3n) is 8.59. The molecule has 3 N–H and O–H groups in total. The minimum Gasteiger partial charge on any atom is -0.465 e. The molecule has 2 amide bonds. The minimum atomic E-state index is -0.917. The third-order valence-corrected chi connectivity index (χ3v) is 8.59. The molecule has 214 valence electrons. The first-order valence-corrected chi connectivity index (χ1v) is 14.0. The molecule has 11 nitrogen and oxygen atoms in total. The zero-order chi connectivity index (χ0) is 28.6. The molecule has 2 fully saturated rings. The number of amides is 2. The number of carbonyl (C=O) groups is 2. The number of likely N-dealkylation sites (tertiary alicyclic amines) is 1. The highest BCUT2D eigenvalue weighted by atomic mass is 16.5. The quantitative estimate of drug-likeness (QED) is 0.420. The summed E-state index contributed by atoms with van der Waals surface area (Å²) in [4.78, 5) is 44.1. The number of aromatic amines is 1. The van der Waals surface area contributed by atoms with Gasteiger partial charge in [0.1, 0.15) is 5.39 Å². The molecule has 0 unspecified atom stereocenters. The van der Waals surface area contributed by atoms with Crippen molar-refractivity contribution in [3.05, 3.63) is 51.9 Å². The molecule has 1 atom stereocenters. The van der Waals surface area contributed by atoms with E-state index in [9.17, 15) is 19.5 Å². The van der Waals surface area contributed by atoms with E-state index in [1.54, 1.807) is 6.20 Å². The summed E-state index contributed by atoms with van der Waals surface area (Å²) in [5.41, 5.74) is 2.23. The molecular formula is C29H38N6O5. The Labute approximate surface area is 233 Å². The normalized spacial score (nSPS) is 19.3. The van der Waals surface area contributed by atoms with Gasteiger partial charge >= 0.3 is 6.09 Å². The number of fused-ring (bicyclic) bond motifs is 1. The second kappa shape index (κ2) is 11.0. The van der Waals surface area contributed by atoms with Crippen molar-refractivity contribution in [1.29, 1.82) is 0 Å². The van der Waals surface area contributed by atoms with Crippen LogP contribution in [-0.2, 0) is 10.3 Å². The van der Waals surface area contributed by atoms with Gasteiger partial charge < -0.3 is 29.9 Å². The Morgan fingerprint density at radius 2 is 1.98 bits per heavy atom. The average molecular weight is 551 g/mol. The Kier molecular flexibility index (Phi) is 7.59. The number of benzene rings is 1. The highest BCUT2D eigenvalue weighted by molar-refractivity contribution is 5.97. The van der Waals surface area contributed by atoms with Gasteiger partial charge in [0, 0.05) is 37.1 Å². The van der Waals surface area contributed by atoms with Gasteiger partial charge in [-0.15, -0.1) is 0 Å². The molecule has 11 heteroatoms. The van der Waals surface area contributed by atoms with Gasteiger partial charge in [-0.05, 0) is 61.9 Å². The molecule has 0 spiro atoms. The molecule has 40 heavy (non-hydrogen) atoms. The maximum atomic E-state index is 13.5. The number of rotatable bonds is 6. The lowest BCUT2D eigenvalue weighted by Gasteiger charge is -2.41. The summed E-state index contributed by atoms with van der Waals surface area (Å²) in [6.07, 6.45) is 2.65. The van der Waals surface area contributed by atoms with E-state index >= 15 is 0 Å². The van der Waals surface area contributed by atoms with Crippen molar-refractivity contribution in [2.75, 3.05) is 38.2 Å². The number of nitrogens with zero attached hydrogens (tertiary/aromatic N) is 4. The van der Waals surface area contributed by atoms with E-state index in [0.717, 1.165) is 17.7 Å². The molecule has 5 rings (SSSR count). The number of morpholine rings is 1. The summed E-state index contributed by atoms with van der Waals surface area (Å²) in [6.45, 7) is 10.6. The molecule has 0 saturated carbocycles. The van der Waals surface area contributed by atoms with E-state index in [1.807, 2.05) is 40.8 Å². The molecule has 2 saturated heterocycles. The van der Waals surface area contributed by atoms with E-state index in [0.29, 0.717) is 68.0 Å². The maximum Gasteiger partial charge on any atom is 0.407 e. The van der Waals surface area contributed by atoms with Crippen LogP contribution in [0.3, 0.4) is 0 Å². The third kappa shape index (κ3) is 4.94. The topological polar surface area (TPSA) is 133 Å². The predicted molar refractivity (Wildman–Crippen MR) is 152 cm³/mol. The highest BCUT2D eigenvalue weighted by Crippen LogP contribution is 2.37. The number of aryl methyl sites for hydroxylation is 1. The predicted octanol–water partition coefficient (Wildman–Crippen LogP) is 4.15. The smallest absolute Gasteiger partial charge is 0.407 e. The van der Waals surface area contributed by atoms with Crippen molar-refractivity contribution in [2.24, 2.45) is 5.92 Å². The number of hydrogen-bond donors (Lipinski definition) is 3. The summed E-state index contributed by atoms with van der Waals surface area (Å²) < 4.78 is 7.54. The molecule has 2 aromatic heterocycles. The van der Waals surface area contributed by atoms with Gasteiger partial charge in [0.25, 0.3) is 11.5 Å². The van der Waals surface area contributed by atoms with Gasteiger partial charge in [-0.1, -0.05) is 20.8 Å². The second-order valence-corrected chi connectivity index (χ2v) is 11.2. The van der Waals surface area contributed by atoms with Crippen molar-refractivity contribution in [3.8, 4) is 0 Å². The zero-order valence-corrected chi connectivity index (χ0v) is 23.6. The Morgan fingerprint density at radius 3 is 2.62 bits per heavy atom. The van der Waals surface area contributed by atoms with Crippen LogP contribution in [0.4, 0.5) is 16.3 Å². The largest absolute Gasteiger partial charge is 0.465 e. The van der Waals surface area contributed by atoms with Crippen molar-refractivity contribution in [3.63, 3.8) is 0 Å². The number of hydrogen-bond acceptors (Lipinski definition) is 6. The molecule has 0 radical (unpaired) electrons. The summed E-state index contributed by atoms with van der Waals surface area (Å²) in [5.74, 6) is 0.710. The van der Waals surface area contributed by atoms with Crippen LogP contribution in [0, 0.1) is 12.8 Å². The van der Waals surface area contributed by atoms with Crippen molar-refractivity contribution < 1.29 is 19.4 Å². The molecule has 1 aromatic carbocycles. The fourth-order valence-corrected chi connectivity index (χ4v) is 6.06. The van der Waals surface area contributed by atoms with Gasteiger partial charge in [-0.2, -0.15) is 5.10 Å². The van der Waals surface area contributed by atoms with Crippen LogP contribution in [0.25, 0.3) is 10.9 Å². The molecule has 2 aliphatic rings. The number of ether oxygens (including phenoxy) is 1. The average Bonchev–Trinajstić information content (AvgIpc) is 3.32. The molecule has 0 bridgehead atoms. The van der Waals surface area contributed by atoms with Crippen LogP contribution in [0.5, 0.6) is 0 Å². The number of H-pyrrole nitrogens is 1. The van der Waals surface area contributed by atoms with E-state index < -0.39 is 11.6 Å². The van der Waals surface area contributed by atoms with Gasteiger partial charge in [-0.25, -0.2) is 4.79 Å². The highest BCUT2D eigenvalue weighted by Gasteiger charge is 2.39. The van der Waals surface area contributed by atoms with E-state index in [-0.39, 0.29) is 23.4 Å². The summed E-state index contributed by atoms with van der Waals surface area (Å²) >= 11 is 0. The van der Waals surface area contributed by atoms with Crippen LogP contribution < -0.4 is 10.9 Å². The number of piperidine rings is 1. The Hall–Kier alpha value is -3.86. The fraction of sp³-hybridized carbons (Fsp3) is 0.517. The lowest BCUT2D eigenvalue weighted by molar-refractivity contribution is -0.0155. The maximum absolute atomic E-state index is 13.5. The van der Waals surface area contributed by atoms with E-state index in [4.69, 9.17) is 9.84 Å². The fourth-order valence-electron chi connectivity index (χ4n) is 6.06. The SMILES string of the molecule is CCC1(n2nc(Nc3ccc(C(=O)N4CCOC[C@H]4C(C)C)c(C)c3)c3c(=O)[nH]ccc32)CCN(C(=O)O)CC1. The monoisotopic (exact) mass is 550 g/mol. The first kappa shape index (κ1) is 27.7. The Balaban J connectivity index is 1.46. The number of anilines is 2. The minimum absolute atomic E-state index is 0.00480. The molecule has 0 aliphatic carbocycles. The number of aromatic nitrogens is 3. The number of nitrogens with one attached hydrogen (secondary N) is 2. The lowest BCUT2D eigenvalue weighted by Crippen LogP contribution is -2.51. The zero-order valence-electron chi connectivity index (χ0n) is 23.6. The lowest BCUT2D eigenvalue weighted by atomic mass is 9.85. The molecule has 4 heterocycles. The second-order valence-electron chi connectivity index (χ2n) is 11.2. The van der Waals surface area contributed by atoms with Crippen LogP contribution >= 0.6 is 0 Å². The first-order valence-electron chi connectivity index (χ1n) is 14.0. The number of carboxylic acid groups (broad SMARTS) is 1. The van der Waals surface area contributed by atoms with Crippen molar-refractivity contribution in [2.45, 2.75) is 58.5 Å². The van der Waals surface area contributed by atoms with E-state index in [1.165, 1.54) is 4.90 Å². The van der Waals surface area contributed by atoms with Gasteiger partial charge in [0.2, 0.25) is 0 Å². The Morgan fingerprint density at radius 1 is 1.23 bits per heavy atom. The molecule has 2 aliphatic heterocycles. The van der Waals surface area contributed by atoms with Crippen LogP contribution in [0.2, 0.25) is 0 Å². The Bertz CT molecular complexity index is 1470. The van der Waals surface area contributed by atoms with Gasteiger partial charge in [0.05, 0.1) is 30.3 Å². The summed E-state index contributed by atoms with van der Waals surface area (Å²) in [7, 11) is 0. The van der Waals surface area contributed by atoms with Crippen molar-refractivity contribution in [1.82, 2.24) is 24.6 Å².